The predicted molar refractivity (Wildman–Crippen MR) is 102 cm³/mol. The zero-order valence-electron chi connectivity index (χ0n) is 15.1. The molecule has 26 heavy (non-hydrogen) atoms. The van der Waals surface area contributed by atoms with Gasteiger partial charge in [0.25, 0.3) is 0 Å². The van der Waals surface area contributed by atoms with Gasteiger partial charge in [-0.05, 0) is 35.6 Å². The van der Waals surface area contributed by atoms with E-state index in [1.54, 1.807) is 0 Å². The molecule has 2 aromatic carbocycles. The van der Waals surface area contributed by atoms with Gasteiger partial charge in [0.05, 0.1) is 5.69 Å². The number of rotatable bonds is 6. The molecule has 5 heteroatoms. The van der Waals surface area contributed by atoms with Gasteiger partial charge in [0.15, 0.2) is 0 Å². The Morgan fingerprint density at radius 2 is 1.69 bits per heavy atom. The van der Waals surface area contributed by atoms with Crippen molar-refractivity contribution in [2.24, 2.45) is 5.92 Å². The van der Waals surface area contributed by atoms with Crippen LogP contribution in [0, 0.1) is 5.92 Å². The molecule has 1 aliphatic heterocycles. The average molecular weight is 351 g/mol. The number of nitrogens with zero attached hydrogens (tertiary/aromatic N) is 1. The van der Waals surface area contributed by atoms with Crippen LogP contribution in [-0.4, -0.2) is 23.3 Å². The number of nitrogens with one attached hydrogen (secondary N) is 2. The first-order valence-electron chi connectivity index (χ1n) is 9.06. The minimum Gasteiger partial charge on any atom is -0.338 e. The highest BCUT2D eigenvalue weighted by Crippen LogP contribution is 2.20. The van der Waals surface area contributed by atoms with E-state index in [1.165, 1.54) is 11.1 Å². The summed E-state index contributed by atoms with van der Waals surface area (Å²) in [7, 11) is 0. The number of anilines is 1. The molecule has 0 saturated carbocycles. The molecule has 136 valence electrons. The molecule has 1 atom stereocenters. The molecule has 0 aliphatic carbocycles. The van der Waals surface area contributed by atoms with Crippen molar-refractivity contribution < 1.29 is 9.59 Å². The van der Waals surface area contributed by atoms with E-state index in [9.17, 15) is 9.59 Å². The Labute approximate surface area is 154 Å². The minimum atomic E-state index is -0.113. The second-order valence-corrected chi connectivity index (χ2v) is 6.89. The van der Waals surface area contributed by atoms with Crippen molar-refractivity contribution in [3.05, 3.63) is 65.7 Å². The van der Waals surface area contributed by atoms with Crippen molar-refractivity contribution in [2.75, 3.05) is 12.0 Å². The lowest BCUT2D eigenvalue weighted by Crippen LogP contribution is -2.37. The number of hydrazine groups is 1. The fraction of sp³-hybridized carbons (Fsp3) is 0.333. The Kier molecular flexibility index (Phi) is 5.89. The van der Waals surface area contributed by atoms with Crippen LogP contribution < -0.4 is 10.9 Å². The van der Waals surface area contributed by atoms with E-state index in [1.807, 2.05) is 54.3 Å². The first-order chi connectivity index (χ1) is 12.6. The van der Waals surface area contributed by atoms with Crippen molar-refractivity contribution in [3.8, 4) is 0 Å². The van der Waals surface area contributed by atoms with Crippen LogP contribution in [0.5, 0.6) is 0 Å². The quantitative estimate of drug-likeness (QED) is 0.786. The number of carbonyl (C=O) groups excluding carboxylic acids is 2. The van der Waals surface area contributed by atoms with E-state index >= 15 is 0 Å². The SMILES string of the molecule is CC(CC(=O)NNc1ccccc1)CC(=O)N1CCc2ccccc2C1. The monoisotopic (exact) mass is 351 g/mol. The van der Waals surface area contributed by atoms with Crippen molar-refractivity contribution in [1.82, 2.24) is 10.3 Å². The molecule has 1 aliphatic rings. The predicted octanol–water partition coefficient (Wildman–Crippen LogP) is 3.13. The van der Waals surface area contributed by atoms with Crippen LogP contribution in [0.25, 0.3) is 0 Å². The Hall–Kier alpha value is -2.82. The summed E-state index contributed by atoms with van der Waals surface area (Å²) < 4.78 is 0. The zero-order valence-corrected chi connectivity index (χ0v) is 15.1. The molecule has 0 aromatic heterocycles. The number of hydrogen-bond acceptors (Lipinski definition) is 3. The molecule has 2 N–H and O–H groups in total. The van der Waals surface area contributed by atoms with Crippen molar-refractivity contribution in [1.29, 1.82) is 0 Å². The summed E-state index contributed by atoms with van der Waals surface area (Å²) in [5.74, 6) is 0.00575. The maximum absolute atomic E-state index is 12.6. The molecule has 0 radical (unpaired) electrons. The van der Waals surface area contributed by atoms with Gasteiger partial charge in [0.1, 0.15) is 0 Å². The van der Waals surface area contributed by atoms with Gasteiger partial charge in [0, 0.05) is 25.9 Å². The van der Waals surface area contributed by atoms with E-state index in [-0.39, 0.29) is 17.7 Å². The van der Waals surface area contributed by atoms with Gasteiger partial charge in [-0.1, -0.05) is 49.4 Å². The van der Waals surface area contributed by atoms with Gasteiger partial charge in [-0.2, -0.15) is 0 Å². The number of fused-ring (bicyclic) bond motifs is 1. The van der Waals surface area contributed by atoms with Crippen LogP contribution in [0.1, 0.15) is 30.9 Å². The molecule has 2 aromatic rings. The largest absolute Gasteiger partial charge is 0.338 e. The molecule has 1 heterocycles. The number of para-hydroxylation sites is 1. The average Bonchev–Trinajstić information content (AvgIpc) is 2.66. The van der Waals surface area contributed by atoms with E-state index in [0.717, 1.165) is 18.7 Å². The van der Waals surface area contributed by atoms with E-state index in [2.05, 4.69) is 23.0 Å². The second kappa shape index (κ2) is 8.52. The normalized spacial score (nSPS) is 14.3. The van der Waals surface area contributed by atoms with Crippen LogP contribution in [0.4, 0.5) is 5.69 Å². The second-order valence-electron chi connectivity index (χ2n) is 6.89. The van der Waals surface area contributed by atoms with Crippen LogP contribution in [0.2, 0.25) is 0 Å². The molecule has 0 saturated heterocycles. The molecule has 3 rings (SSSR count). The highest BCUT2D eigenvalue weighted by molar-refractivity contribution is 5.80. The van der Waals surface area contributed by atoms with Crippen LogP contribution in [-0.2, 0) is 22.6 Å². The lowest BCUT2D eigenvalue weighted by atomic mass is 9.98. The smallest absolute Gasteiger partial charge is 0.238 e. The topological polar surface area (TPSA) is 61.4 Å². The van der Waals surface area contributed by atoms with Crippen molar-refractivity contribution >= 4 is 17.5 Å². The van der Waals surface area contributed by atoms with Gasteiger partial charge in [-0.3, -0.25) is 20.4 Å². The van der Waals surface area contributed by atoms with Gasteiger partial charge in [-0.15, -0.1) is 0 Å². The maximum Gasteiger partial charge on any atom is 0.238 e. The highest BCUT2D eigenvalue weighted by Gasteiger charge is 2.22. The number of carbonyl (C=O) groups is 2. The summed E-state index contributed by atoms with van der Waals surface area (Å²) in [4.78, 5) is 26.5. The first kappa shape index (κ1) is 18.0. The fourth-order valence-electron chi connectivity index (χ4n) is 3.24. The molecule has 0 bridgehead atoms. The van der Waals surface area contributed by atoms with Crippen molar-refractivity contribution in [2.45, 2.75) is 32.7 Å². The number of hydrogen-bond donors (Lipinski definition) is 2. The summed E-state index contributed by atoms with van der Waals surface area (Å²) in [6.45, 7) is 3.37. The van der Waals surface area contributed by atoms with Gasteiger partial charge < -0.3 is 4.90 Å². The van der Waals surface area contributed by atoms with E-state index in [4.69, 9.17) is 0 Å². The molecule has 5 nitrogen and oxygen atoms in total. The third-order valence-corrected chi connectivity index (χ3v) is 4.66. The first-order valence-corrected chi connectivity index (χ1v) is 9.06. The third-order valence-electron chi connectivity index (χ3n) is 4.66. The van der Waals surface area contributed by atoms with Crippen LogP contribution >= 0.6 is 0 Å². The fourth-order valence-corrected chi connectivity index (χ4v) is 3.24. The highest BCUT2D eigenvalue weighted by atomic mass is 16.2. The Morgan fingerprint density at radius 3 is 2.46 bits per heavy atom. The van der Waals surface area contributed by atoms with Crippen LogP contribution in [0.3, 0.4) is 0 Å². The van der Waals surface area contributed by atoms with E-state index in [0.29, 0.717) is 19.4 Å². The summed E-state index contributed by atoms with van der Waals surface area (Å²) in [5, 5.41) is 0. The molecule has 1 unspecified atom stereocenters. The van der Waals surface area contributed by atoms with Gasteiger partial charge in [0.2, 0.25) is 11.8 Å². The molecule has 0 spiro atoms. The minimum absolute atomic E-state index is 0.00255. The maximum atomic E-state index is 12.6. The zero-order chi connectivity index (χ0) is 18.4. The van der Waals surface area contributed by atoms with E-state index < -0.39 is 0 Å². The summed E-state index contributed by atoms with van der Waals surface area (Å²) >= 11 is 0. The Bertz CT molecular complexity index is 761. The Morgan fingerprint density at radius 1 is 1.00 bits per heavy atom. The number of amides is 2. The Balaban J connectivity index is 1.43. The standard InChI is InChI=1S/C21H25N3O2/c1-16(13-20(25)23-22-19-9-3-2-4-10-19)14-21(26)24-12-11-17-7-5-6-8-18(17)15-24/h2-10,16,22H,11-15H2,1H3,(H,23,25). The summed E-state index contributed by atoms with van der Waals surface area (Å²) in [6.07, 6.45) is 1.61. The summed E-state index contributed by atoms with van der Waals surface area (Å²) in [5.41, 5.74) is 8.95. The third kappa shape index (κ3) is 4.85. The lowest BCUT2D eigenvalue weighted by Gasteiger charge is -2.29. The van der Waals surface area contributed by atoms with Gasteiger partial charge >= 0.3 is 0 Å². The lowest BCUT2D eigenvalue weighted by molar-refractivity contribution is -0.133. The number of benzene rings is 2. The molecular formula is C21H25N3O2. The summed E-state index contributed by atoms with van der Waals surface area (Å²) in [6, 6.07) is 17.7. The van der Waals surface area contributed by atoms with Gasteiger partial charge in [-0.25, -0.2) is 0 Å². The molecule has 2 amide bonds. The van der Waals surface area contributed by atoms with Crippen LogP contribution in [0.15, 0.2) is 54.6 Å². The molecular weight excluding hydrogens is 326 g/mol. The van der Waals surface area contributed by atoms with Crippen molar-refractivity contribution in [3.63, 3.8) is 0 Å². The molecule has 0 fully saturated rings.